The first-order valence-electron chi connectivity index (χ1n) is 13.0. The molecule has 2 heterocycles. The van der Waals surface area contributed by atoms with Crippen LogP contribution in [-0.2, 0) is 18.5 Å². The van der Waals surface area contributed by atoms with Gasteiger partial charge in [-0.15, -0.1) is 0 Å². The number of hydrogen-bond donors (Lipinski definition) is 2. The molecule has 7 nitrogen and oxygen atoms in total. The molecule has 2 amide bonds. The van der Waals surface area contributed by atoms with Crippen molar-refractivity contribution in [3.63, 3.8) is 0 Å². The van der Waals surface area contributed by atoms with E-state index >= 15 is 0 Å². The largest absolute Gasteiger partial charge is 0.493 e. The minimum atomic E-state index is -0.118. The van der Waals surface area contributed by atoms with Crippen molar-refractivity contribution < 1.29 is 14.3 Å². The number of carbonyl (C=O) groups is 1. The van der Waals surface area contributed by atoms with Crippen LogP contribution in [0.15, 0.2) is 73.1 Å². The second-order valence-electron chi connectivity index (χ2n) is 10.1. The zero-order valence-electron chi connectivity index (χ0n) is 21.7. The fourth-order valence-corrected chi connectivity index (χ4v) is 6.19. The standard InChI is InChI=1S/C30H36N4O3/c1-36-26-9-8-24(18-27(26)37-2)30-13-10-25(33-29(35)32-20-22-11-15-31-16-12-22)19-28(30)34(17-14-30)21-23-6-4-3-5-7-23/h3-9,11-12,15-16,18,25,28H,10,13-14,17,19-21H2,1-2H3,(H2,32,33,35)/t25-,28+,30+/m1/s1. The minimum Gasteiger partial charge on any atom is -0.493 e. The number of pyridine rings is 1. The van der Waals surface area contributed by atoms with E-state index in [0.29, 0.717) is 12.6 Å². The topological polar surface area (TPSA) is 75.7 Å². The first kappa shape index (κ1) is 25.1. The molecule has 0 bridgehead atoms. The van der Waals surface area contributed by atoms with Gasteiger partial charge >= 0.3 is 6.03 Å². The van der Waals surface area contributed by atoms with Crippen molar-refractivity contribution in [1.82, 2.24) is 20.5 Å². The number of nitrogens with zero attached hydrogens (tertiary/aromatic N) is 2. The molecule has 1 aliphatic heterocycles. The normalized spacial score (nSPS) is 23.2. The smallest absolute Gasteiger partial charge is 0.315 e. The van der Waals surface area contributed by atoms with Gasteiger partial charge in [0.15, 0.2) is 11.5 Å². The van der Waals surface area contributed by atoms with Crippen LogP contribution in [0.2, 0.25) is 0 Å². The molecule has 194 valence electrons. The Kier molecular flexibility index (Phi) is 7.60. The van der Waals surface area contributed by atoms with Gasteiger partial charge in [0, 0.05) is 43.0 Å². The molecule has 0 spiro atoms. The van der Waals surface area contributed by atoms with Crippen LogP contribution >= 0.6 is 0 Å². The van der Waals surface area contributed by atoms with E-state index in [1.165, 1.54) is 11.1 Å². The van der Waals surface area contributed by atoms with Crippen LogP contribution in [0.5, 0.6) is 11.5 Å². The summed E-state index contributed by atoms with van der Waals surface area (Å²) in [6, 6.07) is 21.2. The Morgan fingerprint density at radius 1 is 1.00 bits per heavy atom. The molecule has 2 aliphatic rings. The van der Waals surface area contributed by atoms with Gasteiger partial charge in [0.05, 0.1) is 14.2 Å². The first-order valence-corrected chi connectivity index (χ1v) is 13.0. The van der Waals surface area contributed by atoms with Crippen molar-refractivity contribution in [2.75, 3.05) is 20.8 Å². The van der Waals surface area contributed by atoms with E-state index in [2.05, 4.69) is 63.0 Å². The monoisotopic (exact) mass is 500 g/mol. The van der Waals surface area contributed by atoms with E-state index in [0.717, 1.165) is 55.8 Å². The lowest BCUT2D eigenvalue weighted by Gasteiger charge is -2.45. The number of fused-ring (bicyclic) bond motifs is 1. The van der Waals surface area contributed by atoms with Crippen molar-refractivity contribution in [3.8, 4) is 11.5 Å². The number of methoxy groups -OCH3 is 2. The number of nitrogens with one attached hydrogen (secondary N) is 2. The Hall–Kier alpha value is -3.58. The van der Waals surface area contributed by atoms with E-state index in [4.69, 9.17) is 9.47 Å². The summed E-state index contributed by atoms with van der Waals surface area (Å²) in [6.07, 6.45) is 7.42. The van der Waals surface area contributed by atoms with Gasteiger partial charge in [-0.2, -0.15) is 0 Å². The van der Waals surface area contributed by atoms with Crippen molar-refractivity contribution in [3.05, 3.63) is 89.7 Å². The highest BCUT2D eigenvalue weighted by Crippen LogP contribution is 2.50. The molecule has 0 unspecified atom stereocenters. The number of urea groups is 1. The maximum Gasteiger partial charge on any atom is 0.315 e. The molecule has 0 radical (unpaired) electrons. The molecule has 2 N–H and O–H groups in total. The lowest BCUT2D eigenvalue weighted by molar-refractivity contribution is 0.130. The summed E-state index contributed by atoms with van der Waals surface area (Å²) in [5.41, 5.74) is 3.66. The molecule has 1 saturated heterocycles. The molecule has 1 aromatic heterocycles. The van der Waals surface area contributed by atoms with E-state index in [1.807, 2.05) is 18.2 Å². The number of benzene rings is 2. The number of hydrogen-bond acceptors (Lipinski definition) is 5. The molecule has 7 heteroatoms. The van der Waals surface area contributed by atoms with E-state index in [-0.39, 0.29) is 17.5 Å². The molecule has 37 heavy (non-hydrogen) atoms. The Morgan fingerprint density at radius 3 is 2.54 bits per heavy atom. The van der Waals surface area contributed by atoms with Gasteiger partial charge < -0.3 is 20.1 Å². The Balaban J connectivity index is 1.35. The maximum absolute atomic E-state index is 12.8. The van der Waals surface area contributed by atoms with Crippen LogP contribution in [0.3, 0.4) is 0 Å². The molecular formula is C30H36N4O3. The number of rotatable bonds is 8. The maximum atomic E-state index is 12.8. The predicted octanol–water partition coefficient (Wildman–Crippen LogP) is 4.66. The van der Waals surface area contributed by atoms with Crippen molar-refractivity contribution in [2.45, 2.75) is 56.3 Å². The lowest BCUT2D eigenvalue weighted by atomic mass is 9.65. The summed E-state index contributed by atoms with van der Waals surface area (Å²) in [7, 11) is 3.37. The third kappa shape index (κ3) is 5.42. The Morgan fingerprint density at radius 2 is 1.78 bits per heavy atom. The van der Waals surface area contributed by atoms with Crippen LogP contribution in [-0.4, -0.2) is 48.8 Å². The average Bonchev–Trinajstić information content (AvgIpc) is 3.31. The number of amides is 2. The van der Waals surface area contributed by atoms with Gasteiger partial charge in [0.2, 0.25) is 0 Å². The Bertz CT molecular complexity index is 1190. The van der Waals surface area contributed by atoms with Gasteiger partial charge in [-0.1, -0.05) is 36.4 Å². The molecule has 5 rings (SSSR count). The van der Waals surface area contributed by atoms with Crippen LogP contribution in [0.25, 0.3) is 0 Å². The lowest BCUT2D eigenvalue weighted by Crippen LogP contribution is -2.53. The third-order valence-corrected chi connectivity index (χ3v) is 8.10. The van der Waals surface area contributed by atoms with Gasteiger partial charge in [0.1, 0.15) is 0 Å². The Labute approximate surface area is 219 Å². The van der Waals surface area contributed by atoms with Gasteiger partial charge in [-0.3, -0.25) is 9.88 Å². The van der Waals surface area contributed by atoms with Crippen molar-refractivity contribution >= 4 is 6.03 Å². The second-order valence-corrected chi connectivity index (χ2v) is 10.1. The summed E-state index contributed by atoms with van der Waals surface area (Å²) in [6.45, 7) is 2.41. The number of ether oxygens (including phenoxy) is 2. The number of likely N-dealkylation sites (tertiary alicyclic amines) is 1. The molecule has 1 saturated carbocycles. The molecule has 1 aliphatic carbocycles. The summed E-state index contributed by atoms with van der Waals surface area (Å²) in [4.78, 5) is 19.4. The summed E-state index contributed by atoms with van der Waals surface area (Å²) < 4.78 is 11.2. The summed E-state index contributed by atoms with van der Waals surface area (Å²) >= 11 is 0. The van der Waals surface area contributed by atoms with E-state index < -0.39 is 0 Å². The van der Waals surface area contributed by atoms with Crippen LogP contribution in [0, 0.1) is 0 Å². The fourth-order valence-electron chi connectivity index (χ4n) is 6.19. The summed E-state index contributed by atoms with van der Waals surface area (Å²) in [5.74, 6) is 1.52. The number of aromatic nitrogens is 1. The SMILES string of the molecule is COc1ccc([C@@]23CC[C@@H](NC(=O)NCc4ccncc4)C[C@@H]2N(Cc2ccccc2)CC3)cc1OC. The van der Waals surface area contributed by atoms with Crippen LogP contribution in [0.4, 0.5) is 4.79 Å². The van der Waals surface area contributed by atoms with Crippen molar-refractivity contribution in [2.24, 2.45) is 0 Å². The third-order valence-electron chi connectivity index (χ3n) is 8.10. The van der Waals surface area contributed by atoms with Crippen molar-refractivity contribution in [1.29, 1.82) is 0 Å². The second kappa shape index (κ2) is 11.2. The molecular weight excluding hydrogens is 464 g/mol. The zero-order chi connectivity index (χ0) is 25.7. The zero-order valence-corrected chi connectivity index (χ0v) is 21.7. The predicted molar refractivity (Wildman–Crippen MR) is 144 cm³/mol. The molecule has 2 aromatic carbocycles. The van der Waals surface area contributed by atoms with Gasteiger partial charge in [0.25, 0.3) is 0 Å². The average molecular weight is 501 g/mol. The minimum absolute atomic E-state index is 0.0139. The quantitative estimate of drug-likeness (QED) is 0.470. The summed E-state index contributed by atoms with van der Waals surface area (Å²) in [5, 5.41) is 6.26. The highest BCUT2D eigenvalue weighted by atomic mass is 16.5. The molecule has 3 aromatic rings. The van der Waals surface area contributed by atoms with Gasteiger partial charge in [-0.25, -0.2) is 4.79 Å². The van der Waals surface area contributed by atoms with E-state index in [9.17, 15) is 4.79 Å². The fraction of sp³-hybridized carbons (Fsp3) is 0.400. The molecule has 2 fully saturated rings. The van der Waals surface area contributed by atoms with Crippen LogP contribution in [0.1, 0.15) is 42.4 Å². The number of carbonyl (C=O) groups excluding carboxylic acids is 1. The van der Waals surface area contributed by atoms with E-state index in [1.54, 1.807) is 26.6 Å². The highest BCUT2D eigenvalue weighted by Gasteiger charge is 2.51. The highest BCUT2D eigenvalue weighted by molar-refractivity contribution is 5.74. The van der Waals surface area contributed by atoms with Crippen LogP contribution < -0.4 is 20.1 Å². The van der Waals surface area contributed by atoms with Gasteiger partial charge in [-0.05, 0) is 73.2 Å². The molecule has 3 atom stereocenters. The first-order chi connectivity index (χ1) is 18.1.